The van der Waals surface area contributed by atoms with E-state index in [0.717, 1.165) is 11.3 Å². The van der Waals surface area contributed by atoms with Crippen molar-refractivity contribution in [3.8, 4) is 17.0 Å². The summed E-state index contributed by atoms with van der Waals surface area (Å²) in [4.78, 5) is 4.28. The number of thioether (sulfide) groups is 1. The van der Waals surface area contributed by atoms with Crippen LogP contribution in [0.1, 0.15) is 0 Å². The van der Waals surface area contributed by atoms with E-state index in [1.165, 1.54) is 11.8 Å². The van der Waals surface area contributed by atoms with E-state index in [1.54, 1.807) is 18.3 Å². The molecule has 4 atom stereocenters. The van der Waals surface area contributed by atoms with Crippen molar-refractivity contribution in [2.45, 2.75) is 23.7 Å². The Morgan fingerprint density at radius 2 is 1.77 bits per heavy atom. The number of aromatic nitrogens is 1. The van der Waals surface area contributed by atoms with Gasteiger partial charge in [0, 0.05) is 17.5 Å². The Morgan fingerprint density at radius 1 is 1.00 bits per heavy atom. The minimum Gasteiger partial charge on any atom is -0.477 e. The van der Waals surface area contributed by atoms with Gasteiger partial charge < -0.3 is 20.1 Å². The van der Waals surface area contributed by atoms with E-state index in [9.17, 15) is 15.3 Å². The molecule has 1 fully saturated rings. The third-order valence-corrected chi connectivity index (χ3v) is 4.76. The van der Waals surface area contributed by atoms with E-state index < -0.39 is 23.7 Å². The maximum absolute atomic E-state index is 9.94. The predicted octanol–water partition coefficient (Wildman–Crippen LogP) is 1.28. The molecule has 0 spiro atoms. The summed E-state index contributed by atoms with van der Waals surface area (Å²) in [6.07, 6.45) is -1.49. The fourth-order valence-corrected chi connectivity index (χ4v) is 3.38. The van der Waals surface area contributed by atoms with Gasteiger partial charge in [-0.15, -0.1) is 11.8 Å². The summed E-state index contributed by atoms with van der Waals surface area (Å²) in [6, 6.07) is 13.1. The van der Waals surface area contributed by atoms with Crippen LogP contribution in [0.15, 0.2) is 48.7 Å². The molecule has 0 bridgehead atoms. The summed E-state index contributed by atoms with van der Waals surface area (Å²) < 4.78 is 5.70. The lowest BCUT2D eigenvalue weighted by Gasteiger charge is -2.34. The van der Waals surface area contributed by atoms with Crippen molar-refractivity contribution in [1.29, 1.82) is 0 Å². The van der Waals surface area contributed by atoms with Crippen LogP contribution < -0.4 is 4.74 Å². The third kappa shape index (κ3) is 3.25. The maximum atomic E-state index is 9.94. The van der Waals surface area contributed by atoms with Crippen molar-refractivity contribution >= 4 is 11.8 Å². The lowest BCUT2D eigenvalue weighted by atomic mass is 10.1. The molecule has 0 amide bonds. The lowest BCUT2D eigenvalue weighted by Crippen LogP contribution is -2.50. The van der Waals surface area contributed by atoms with Crippen molar-refractivity contribution in [3.63, 3.8) is 0 Å². The second kappa shape index (κ2) is 6.66. The number of rotatable bonds is 3. The molecule has 116 valence electrons. The average molecular weight is 319 g/mol. The van der Waals surface area contributed by atoms with Crippen LogP contribution in [-0.4, -0.2) is 49.8 Å². The Labute approximate surface area is 132 Å². The molecule has 6 heteroatoms. The molecule has 1 saturated heterocycles. The van der Waals surface area contributed by atoms with Crippen molar-refractivity contribution in [2.75, 3.05) is 5.75 Å². The predicted molar refractivity (Wildman–Crippen MR) is 84.6 cm³/mol. The van der Waals surface area contributed by atoms with E-state index in [2.05, 4.69) is 4.98 Å². The lowest BCUT2D eigenvalue weighted by molar-refractivity contribution is -0.0786. The minimum atomic E-state index is -1.18. The van der Waals surface area contributed by atoms with Crippen molar-refractivity contribution < 1.29 is 20.1 Å². The van der Waals surface area contributed by atoms with Gasteiger partial charge in [0.25, 0.3) is 0 Å². The molecule has 0 radical (unpaired) electrons. The molecular weight excluding hydrogens is 302 g/mol. The first kappa shape index (κ1) is 15.3. The van der Waals surface area contributed by atoms with Crippen molar-refractivity contribution in [1.82, 2.24) is 4.98 Å². The van der Waals surface area contributed by atoms with Crippen LogP contribution in [-0.2, 0) is 0 Å². The molecule has 1 aromatic carbocycles. The number of ether oxygens (including phenoxy) is 1. The molecule has 1 aliphatic heterocycles. The van der Waals surface area contributed by atoms with Gasteiger partial charge in [0.1, 0.15) is 18.0 Å². The summed E-state index contributed by atoms with van der Waals surface area (Å²) in [5.74, 6) is 0.925. The third-order valence-electron chi connectivity index (χ3n) is 3.52. The standard InChI is InChI=1S/C16H17NO4S/c18-13-9-22-16(15(20)14(13)19)21-11-6-4-10(5-7-11)12-3-1-2-8-17-12/h1-8,13-16,18-20H,9H2/t13-,14+,15-,16-/m1/s1. The van der Waals surface area contributed by atoms with Gasteiger partial charge in [-0.2, -0.15) is 0 Å². The topological polar surface area (TPSA) is 82.8 Å². The van der Waals surface area contributed by atoms with Gasteiger partial charge in [-0.3, -0.25) is 4.98 Å². The molecule has 2 heterocycles. The van der Waals surface area contributed by atoms with Gasteiger partial charge >= 0.3 is 0 Å². The SMILES string of the molecule is O[C@@H]1[C@@H](O)[C@H](Oc2ccc(-c3ccccn3)cc2)SC[C@H]1O. The normalized spacial score (nSPS) is 28.3. The molecule has 1 aliphatic rings. The smallest absolute Gasteiger partial charge is 0.173 e. The molecule has 0 aliphatic carbocycles. The van der Waals surface area contributed by atoms with E-state index in [-0.39, 0.29) is 0 Å². The molecule has 22 heavy (non-hydrogen) atoms. The Morgan fingerprint density at radius 3 is 2.45 bits per heavy atom. The van der Waals surface area contributed by atoms with Gasteiger partial charge in [0.05, 0.1) is 11.8 Å². The molecule has 0 saturated carbocycles. The Hall–Kier alpha value is -1.60. The van der Waals surface area contributed by atoms with Crippen LogP contribution in [0.25, 0.3) is 11.3 Å². The number of aliphatic hydroxyl groups excluding tert-OH is 3. The van der Waals surface area contributed by atoms with Crippen LogP contribution in [0.4, 0.5) is 0 Å². The van der Waals surface area contributed by atoms with Crippen LogP contribution in [0, 0.1) is 0 Å². The number of hydrogen-bond acceptors (Lipinski definition) is 6. The minimum absolute atomic E-state index is 0.328. The van der Waals surface area contributed by atoms with E-state index >= 15 is 0 Å². The number of aliphatic hydroxyl groups is 3. The first-order valence-electron chi connectivity index (χ1n) is 6.99. The summed E-state index contributed by atoms with van der Waals surface area (Å²) in [5.41, 5.74) is 1.25. The van der Waals surface area contributed by atoms with Gasteiger partial charge in [0.15, 0.2) is 5.44 Å². The largest absolute Gasteiger partial charge is 0.477 e. The highest BCUT2D eigenvalue weighted by Crippen LogP contribution is 2.30. The summed E-state index contributed by atoms with van der Waals surface area (Å²) >= 11 is 1.28. The molecule has 5 nitrogen and oxygen atoms in total. The number of nitrogens with zero attached hydrogens (tertiary/aromatic N) is 1. The van der Waals surface area contributed by atoms with E-state index in [0.29, 0.717) is 11.5 Å². The number of hydrogen-bond donors (Lipinski definition) is 3. The molecule has 2 aromatic rings. The molecule has 1 aromatic heterocycles. The molecule has 3 N–H and O–H groups in total. The summed E-state index contributed by atoms with van der Waals surface area (Å²) in [5, 5.41) is 29.1. The average Bonchev–Trinajstić information content (AvgIpc) is 2.57. The maximum Gasteiger partial charge on any atom is 0.173 e. The van der Waals surface area contributed by atoms with Gasteiger partial charge in [-0.05, 0) is 36.4 Å². The molecule has 3 rings (SSSR count). The first-order chi connectivity index (χ1) is 10.6. The van der Waals surface area contributed by atoms with Gasteiger partial charge in [-0.1, -0.05) is 6.07 Å². The van der Waals surface area contributed by atoms with Crippen molar-refractivity contribution in [2.24, 2.45) is 0 Å². The zero-order chi connectivity index (χ0) is 15.5. The zero-order valence-corrected chi connectivity index (χ0v) is 12.6. The van der Waals surface area contributed by atoms with Gasteiger partial charge in [0.2, 0.25) is 0 Å². The van der Waals surface area contributed by atoms with E-state index in [1.807, 2.05) is 30.3 Å². The van der Waals surface area contributed by atoms with Crippen molar-refractivity contribution in [3.05, 3.63) is 48.7 Å². The second-order valence-corrected chi connectivity index (χ2v) is 6.24. The summed E-state index contributed by atoms with van der Waals surface area (Å²) in [7, 11) is 0. The van der Waals surface area contributed by atoms with Gasteiger partial charge in [-0.25, -0.2) is 0 Å². The highest BCUT2D eigenvalue weighted by atomic mass is 32.2. The fraction of sp³-hybridized carbons (Fsp3) is 0.312. The Balaban J connectivity index is 1.69. The highest BCUT2D eigenvalue weighted by Gasteiger charge is 2.38. The second-order valence-electron chi connectivity index (χ2n) is 5.11. The zero-order valence-electron chi connectivity index (χ0n) is 11.7. The van der Waals surface area contributed by atoms with E-state index in [4.69, 9.17) is 4.74 Å². The van der Waals surface area contributed by atoms with Crippen LogP contribution in [0.2, 0.25) is 0 Å². The monoisotopic (exact) mass is 319 g/mol. The molecule has 0 unspecified atom stereocenters. The quantitative estimate of drug-likeness (QED) is 0.791. The first-order valence-corrected chi connectivity index (χ1v) is 8.04. The number of benzene rings is 1. The highest BCUT2D eigenvalue weighted by molar-refractivity contribution is 7.99. The van der Waals surface area contributed by atoms with Crippen LogP contribution in [0.3, 0.4) is 0 Å². The van der Waals surface area contributed by atoms with Crippen LogP contribution >= 0.6 is 11.8 Å². The molecular formula is C16H17NO4S. The Bertz CT molecular complexity index is 607. The fourth-order valence-electron chi connectivity index (χ4n) is 2.25. The number of pyridine rings is 1. The Kier molecular flexibility index (Phi) is 4.63. The summed E-state index contributed by atoms with van der Waals surface area (Å²) in [6.45, 7) is 0. The van der Waals surface area contributed by atoms with Crippen LogP contribution in [0.5, 0.6) is 5.75 Å².